The molecule has 5 nitrogen and oxygen atoms in total. The quantitative estimate of drug-likeness (QED) is 0.369. The van der Waals surface area contributed by atoms with Crippen molar-refractivity contribution in [3.05, 3.63) is 119 Å². The maximum absolute atomic E-state index is 12.6. The summed E-state index contributed by atoms with van der Waals surface area (Å²) in [5.74, 6) is 0.539. The minimum Gasteiger partial charge on any atom is -0.488 e. The van der Waals surface area contributed by atoms with E-state index < -0.39 is 0 Å². The summed E-state index contributed by atoms with van der Waals surface area (Å²) in [7, 11) is 0. The summed E-state index contributed by atoms with van der Waals surface area (Å²) < 4.78 is 8.22. The van der Waals surface area contributed by atoms with Crippen molar-refractivity contribution in [1.29, 1.82) is 0 Å². The average Bonchev–Trinajstić information content (AvgIpc) is 3.50. The van der Waals surface area contributed by atoms with E-state index in [1.165, 1.54) is 11.8 Å². The number of hydrogen-bond donors (Lipinski definition) is 1. The third kappa shape index (κ3) is 5.07. The largest absolute Gasteiger partial charge is 0.488 e. The van der Waals surface area contributed by atoms with Gasteiger partial charge in [0.1, 0.15) is 12.4 Å². The van der Waals surface area contributed by atoms with E-state index in [1.807, 2.05) is 114 Å². The highest BCUT2D eigenvalue weighted by Gasteiger charge is 2.24. The molecule has 0 bridgehead atoms. The van der Waals surface area contributed by atoms with Gasteiger partial charge in [0.15, 0.2) is 5.17 Å². The minimum atomic E-state index is -0.168. The summed E-state index contributed by atoms with van der Waals surface area (Å²) in [6, 6.07) is 29.5. The van der Waals surface area contributed by atoms with Crippen LogP contribution < -0.4 is 10.1 Å². The van der Waals surface area contributed by atoms with Crippen molar-refractivity contribution in [2.45, 2.75) is 6.61 Å². The number of hydrogen-bond acceptors (Lipinski definition) is 4. The van der Waals surface area contributed by atoms with Gasteiger partial charge in [-0.05, 0) is 59.8 Å². The number of rotatable bonds is 6. The first kappa shape index (κ1) is 20.8. The van der Waals surface area contributed by atoms with Crippen LogP contribution in [0.4, 0.5) is 5.69 Å². The van der Waals surface area contributed by atoms with E-state index in [2.05, 4.69) is 10.3 Å². The molecule has 1 aliphatic heterocycles. The SMILES string of the molecule is O=C1NC(=Nc2ccccc2)SC1=Cc1ccc(-n2cccc2)cc1OCc1ccccc1. The van der Waals surface area contributed by atoms with Crippen LogP contribution in [0, 0.1) is 0 Å². The number of nitrogens with zero attached hydrogens (tertiary/aromatic N) is 2. The Hall–Kier alpha value is -4.03. The summed E-state index contributed by atoms with van der Waals surface area (Å²) >= 11 is 1.32. The van der Waals surface area contributed by atoms with Gasteiger partial charge in [0.25, 0.3) is 5.91 Å². The van der Waals surface area contributed by atoms with E-state index in [-0.39, 0.29) is 5.91 Å². The van der Waals surface area contributed by atoms with Gasteiger partial charge in [0, 0.05) is 29.7 Å². The van der Waals surface area contributed by atoms with Gasteiger partial charge in [-0.25, -0.2) is 4.99 Å². The smallest absolute Gasteiger partial charge is 0.264 e. The molecule has 0 saturated carbocycles. The summed E-state index contributed by atoms with van der Waals surface area (Å²) in [5, 5.41) is 3.41. The fourth-order valence-corrected chi connectivity index (χ4v) is 4.24. The highest BCUT2D eigenvalue weighted by molar-refractivity contribution is 8.18. The van der Waals surface area contributed by atoms with E-state index >= 15 is 0 Å². The van der Waals surface area contributed by atoms with Gasteiger partial charge in [-0.2, -0.15) is 0 Å². The Bertz CT molecular complexity index is 1310. The molecule has 1 aliphatic rings. The lowest BCUT2D eigenvalue weighted by molar-refractivity contribution is -0.115. The number of ether oxygens (including phenoxy) is 1. The van der Waals surface area contributed by atoms with E-state index in [1.54, 1.807) is 0 Å². The Morgan fingerprint density at radius 2 is 1.64 bits per heavy atom. The molecule has 1 aromatic heterocycles. The number of aliphatic imine (C=N–C) groups is 1. The Balaban J connectivity index is 1.44. The molecule has 6 heteroatoms. The van der Waals surface area contributed by atoms with Crippen molar-refractivity contribution in [1.82, 2.24) is 9.88 Å². The number of nitrogens with one attached hydrogen (secondary N) is 1. The van der Waals surface area contributed by atoms with Crippen LogP contribution in [0.1, 0.15) is 11.1 Å². The number of carbonyl (C=O) groups excluding carboxylic acids is 1. The maximum Gasteiger partial charge on any atom is 0.264 e. The Morgan fingerprint density at radius 1 is 0.909 bits per heavy atom. The number of thioether (sulfide) groups is 1. The number of benzene rings is 3. The van der Waals surface area contributed by atoms with Crippen molar-refractivity contribution in [3.63, 3.8) is 0 Å². The molecule has 5 rings (SSSR count). The summed E-state index contributed by atoms with van der Waals surface area (Å²) in [6.07, 6.45) is 5.83. The van der Waals surface area contributed by atoms with Crippen molar-refractivity contribution >= 4 is 34.6 Å². The second-order valence-electron chi connectivity index (χ2n) is 7.40. The number of amides is 1. The molecule has 33 heavy (non-hydrogen) atoms. The van der Waals surface area contributed by atoms with Crippen LogP contribution in [-0.2, 0) is 11.4 Å². The zero-order chi connectivity index (χ0) is 22.5. The maximum atomic E-state index is 12.6. The molecule has 1 amide bonds. The van der Waals surface area contributed by atoms with Crippen LogP contribution in [0.15, 0.2) is 113 Å². The fraction of sp³-hybridized carbons (Fsp3) is 0.0370. The zero-order valence-corrected chi connectivity index (χ0v) is 18.5. The lowest BCUT2D eigenvalue weighted by atomic mass is 10.1. The van der Waals surface area contributed by atoms with Crippen LogP contribution in [0.5, 0.6) is 5.75 Å². The molecule has 4 aromatic rings. The first-order valence-electron chi connectivity index (χ1n) is 10.5. The molecule has 0 radical (unpaired) electrons. The predicted molar refractivity (Wildman–Crippen MR) is 134 cm³/mol. The van der Waals surface area contributed by atoms with Gasteiger partial charge in [-0.15, -0.1) is 0 Å². The van der Waals surface area contributed by atoms with E-state index in [0.717, 1.165) is 22.5 Å². The lowest BCUT2D eigenvalue weighted by Gasteiger charge is -2.12. The first-order valence-corrected chi connectivity index (χ1v) is 11.3. The third-order valence-corrected chi connectivity index (χ3v) is 5.97. The molecular formula is C27H21N3O2S. The first-order chi connectivity index (χ1) is 16.2. The summed E-state index contributed by atoms with van der Waals surface area (Å²) in [4.78, 5) is 17.7. The van der Waals surface area contributed by atoms with E-state index in [9.17, 15) is 4.79 Å². The van der Waals surface area contributed by atoms with Gasteiger partial charge in [0.05, 0.1) is 10.6 Å². The monoisotopic (exact) mass is 451 g/mol. The lowest BCUT2D eigenvalue weighted by Crippen LogP contribution is -2.19. The van der Waals surface area contributed by atoms with E-state index in [4.69, 9.17) is 4.74 Å². The number of para-hydroxylation sites is 1. The summed E-state index contributed by atoms with van der Waals surface area (Å²) in [6.45, 7) is 0.437. The van der Waals surface area contributed by atoms with Crippen LogP contribution in [0.2, 0.25) is 0 Å². The predicted octanol–water partition coefficient (Wildman–Crippen LogP) is 5.95. The van der Waals surface area contributed by atoms with Gasteiger partial charge in [0.2, 0.25) is 0 Å². The van der Waals surface area contributed by atoms with Crippen molar-refractivity contribution < 1.29 is 9.53 Å². The van der Waals surface area contributed by atoms with Crippen LogP contribution in [0.25, 0.3) is 11.8 Å². The van der Waals surface area contributed by atoms with Crippen molar-refractivity contribution in [2.24, 2.45) is 4.99 Å². The van der Waals surface area contributed by atoms with Gasteiger partial charge < -0.3 is 14.6 Å². The van der Waals surface area contributed by atoms with Crippen LogP contribution in [-0.4, -0.2) is 15.6 Å². The molecule has 0 spiro atoms. The molecule has 0 aliphatic carbocycles. The number of amidine groups is 1. The standard InChI is InChI=1S/C27H21N3O2S/c31-26-25(33-27(29-26)28-22-11-5-2-6-12-22)17-21-13-14-23(30-15-7-8-16-30)18-24(21)32-19-20-9-3-1-4-10-20/h1-18H,19H2,(H,28,29,31). The van der Waals surface area contributed by atoms with Crippen molar-refractivity contribution in [3.8, 4) is 11.4 Å². The molecule has 0 atom stereocenters. The highest BCUT2D eigenvalue weighted by Crippen LogP contribution is 2.32. The molecule has 0 unspecified atom stereocenters. The normalized spacial score (nSPS) is 15.7. The van der Waals surface area contributed by atoms with Crippen LogP contribution in [0.3, 0.4) is 0 Å². The number of carbonyl (C=O) groups is 1. The average molecular weight is 452 g/mol. The second kappa shape index (κ2) is 9.63. The van der Waals surface area contributed by atoms with Gasteiger partial charge >= 0.3 is 0 Å². The van der Waals surface area contributed by atoms with Crippen molar-refractivity contribution in [2.75, 3.05) is 0 Å². The molecule has 3 aromatic carbocycles. The Kier molecular flexibility index (Phi) is 6.08. The second-order valence-corrected chi connectivity index (χ2v) is 8.43. The Labute approximate surface area is 196 Å². The molecule has 1 saturated heterocycles. The number of aromatic nitrogens is 1. The highest BCUT2D eigenvalue weighted by atomic mass is 32.2. The third-order valence-electron chi connectivity index (χ3n) is 5.06. The Morgan fingerprint density at radius 3 is 2.39 bits per heavy atom. The fourth-order valence-electron chi connectivity index (χ4n) is 3.41. The van der Waals surface area contributed by atoms with Gasteiger partial charge in [-0.3, -0.25) is 4.79 Å². The molecular weight excluding hydrogens is 430 g/mol. The molecule has 2 heterocycles. The molecule has 1 fully saturated rings. The minimum absolute atomic E-state index is 0.168. The topological polar surface area (TPSA) is 55.6 Å². The van der Waals surface area contributed by atoms with E-state index in [0.29, 0.717) is 22.4 Å². The molecule has 162 valence electrons. The molecule has 1 N–H and O–H groups in total. The van der Waals surface area contributed by atoms with Gasteiger partial charge in [-0.1, -0.05) is 48.5 Å². The summed E-state index contributed by atoms with van der Waals surface area (Å²) in [5.41, 5.74) is 3.69. The zero-order valence-electron chi connectivity index (χ0n) is 17.7. The van der Waals surface area contributed by atoms with Crippen LogP contribution >= 0.6 is 11.8 Å².